The van der Waals surface area contributed by atoms with Gasteiger partial charge in [0.15, 0.2) is 5.60 Å². The summed E-state index contributed by atoms with van der Waals surface area (Å²) in [5.74, 6) is -0.623. The Morgan fingerprint density at radius 2 is 1.82 bits per heavy atom. The largest absolute Gasteiger partial charge is 0.491 e. The van der Waals surface area contributed by atoms with Gasteiger partial charge in [-0.15, -0.1) is 0 Å². The zero-order chi connectivity index (χ0) is 28.6. The average Bonchev–Trinajstić information content (AvgIpc) is 2.90. The fraction of sp³-hybridized carbons (Fsp3) is 0.345. The van der Waals surface area contributed by atoms with Crippen LogP contribution in [0, 0.1) is 11.3 Å². The summed E-state index contributed by atoms with van der Waals surface area (Å²) in [6.07, 6.45) is -3.12. The Morgan fingerprint density at radius 3 is 2.46 bits per heavy atom. The second-order valence-electron chi connectivity index (χ2n) is 9.48. The van der Waals surface area contributed by atoms with Crippen LogP contribution in [0.3, 0.4) is 0 Å². The third kappa shape index (κ3) is 8.18. The van der Waals surface area contributed by atoms with Gasteiger partial charge in [-0.25, -0.2) is 9.37 Å². The van der Waals surface area contributed by atoms with E-state index in [2.05, 4.69) is 16.4 Å². The summed E-state index contributed by atoms with van der Waals surface area (Å²) < 4.78 is 62.5. The number of hydrogen-bond donors (Lipinski definition) is 1. The number of hydrogen-bond acceptors (Lipinski definition) is 5. The topological polar surface area (TPSA) is 84.2 Å². The van der Waals surface area contributed by atoms with Gasteiger partial charge in [-0.05, 0) is 68.7 Å². The van der Waals surface area contributed by atoms with Crippen LogP contribution in [0.1, 0.15) is 48.9 Å². The first-order chi connectivity index (χ1) is 18.4. The highest BCUT2D eigenvalue weighted by Gasteiger charge is 2.35. The highest BCUT2D eigenvalue weighted by molar-refractivity contribution is 5.85. The fourth-order valence-electron chi connectivity index (χ4n) is 3.98. The van der Waals surface area contributed by atoms with Gasteiger partial charge in [-0.3, -0.25) is 4.79 Å². The number of carbonyl (C=O) groups is 1. The van der Waals surface area contributed by atoms with Crippen molar-refractivity contribution < 1.29 is 31.8 Å². The van der Waals surface area contributed by atoms with E-state index in [1.165, 1.54) is 13.8 Å². The number of nitrogens with one attached hydrogen (secondary N) is 1. The summed E-state index contributed by atoms with van der Waals surface area (Å²) in [7, 11) is 0. The van der Waals surface area contributed by atoms with Crippen molar-refractivity contribution in [3.05, 3.63) is 89.1 Å². The lowest BCUT2D eigenvalue weighted by atomic mass is 9.85. The fourth-order valence-corrected chi connectivity index (χ4v) is 3.98. The molecule has 206 valence electrons. The number of carbonyl (C=O) groups excluding carboxylic acids is 1. The molecule has 2 atom stereocenters. The zero-order valence-electron chi connectivity index (χ0n) is 21.8. The maximum Gasteiger partial charge on any atom is 0.416 e. The van der Waals surface area contributed by atoms with Crippen LogP contribution in [0.15, 0.2) is 66.9 Å². The Balaban J connectivity index is 1.80. The van der Waals surface area contributed by atoms with Crippen LogP contribution in [-0.2, 0) is 17.4 Å². The van der Waals surface area contributed by atoms with Gasteiger partial charge in [-0.1, -0.05) is 24.3 Å². The van der Waals surface area contributed by atoms with Crippen LogP contribution in [0.2, 0.25) is 0 Å². The summed E-state index contributed by atoms with van der Waals surface area (Å²) >= 11 is 0. The van der Waals surface area contributed by atoms with Crippen molar-refractivity contribution in [2.75, 3.05) is 13.3 Å². The van der Waals surface area contributed by atoms with E-state index in [4.69, 9.17) is 9.47 Å². The Morgan fingerprint density at radius 1 is 1.10 bits per heavy atom. The summed E-state index contributed by atoms with van der Waals surface area (Å²) in [5, 5.41) is 12.3. The number of ether oxygens (including phenoxy) is 2. The molecule has 1 amide bonds. The van der Waals surface area contributed by atoms with Crippen LogP contribution in [0.25, 0.3) is 0 Å². The first kappa shape index (κ1) is 29.4. The molecule has 3 rings (SSSR count). The molecule has 1 N–H and O–H groups in total. The van der Waals surface area contributed by atoms with Crippen molar-refractivity contribution in [1.82, 2.24) is 10.3 Å². The van der Waals surface area contributed by atoms with E-state index < -0.39 is 36.0 Å². The third-order valence-corrected chi connectivity index (χ3v) is 6.10. The molecule has 0 spiro atoms. The molecule has 0 aliphatic carbocycles. The molecule has 0 radical (unpaired) electrons. The minimum absolute atomic E-state index is 0.0418. The maximum atomic E-state index is 13.2. The monoisotopic (exact) mass is 543 g/mol. The number of amides is 1. The lowest BCUT2D eigenvalue weighted by molar-refractivity contribution is -0.138. The van der Waals surface area contributed by atoms with Crippen molar-refractivity contribution in [3.63, 3.8) is 0 Å². The first-order valence-corrected chi connectivity index (χ1v) is 12.2. The smallest absolute Gasteiger partial charge is 0.416 e. The number of pyridine rings is 1. The predicted octanol–water partition coefficient (Wildman–Crippen LogP) is 6.01. The Bertz CT molecular complexity index is 1300. The molecule has 10 heteroatoms. The van der Waals surface area contributed by atoms with Crippen LogP contribution < -0.4 is 14.8 Å². The Kier molecular flexibility index (Phi) is 9.51. The molecule has 2 aromatic carbocycles. The second-order valence-corrected chi connectivity index (χ2v) is 9.48. The zero-order valence-corrected chi connectivity index (χ0v) is 21.8. The normalized spacial score (nSPS) is 13.2. The molecule has 1 unspecified atom stereocenters. The SMILES string of the molecule is C[C@H](NC(=O)C(C)(C)Oc1cc(C(F)(F)F)ccn1)C(Cc1ccc(OCCF)cc1)c1cccc(C#N)c1. The molecule has 6 nitrogen and oxygen atoms in total. The molecule has 1 aromatic heterocycles. The van der Waals surface area contributed by atoms with Crippen LogP contribution in [0.4, 0.5) is 17.6 Å². The van der Waals surface area contributed by atoms with Crippen LogP contribution >= 0.6 is 0 Å². The maximum absolute atomic E-state index is 13.2. The van der Waals surface area contributed by atoms with E-state index >= 15 is 0 Å². The number of nitriles is 1. The quantitative estimate of drug-likeness (QED) is 0.300. The van der Waals surface area contributed by atoms with Crippen molar-refractivity contribution >= 4 is 5.91 Å². The highest BCUT2D eigenvalue weighted by atomic mass is 19.4. The standard InChI is InChI=1S/C29H29F4N3O3/c1-19(36-27(37)28(2,3)39-26-17-23(11-13-35-26)29(31,32)33)25(22-6-4-5-21(15-22)18-34)16-20-7-9-24(10-8-20)38-14-12-30/h4-11,13,15,17,19,25H,12,14,16H2,1-3H3,(H,36,37)/t19-,25?/m0/s1. The molecule has 0 aliphatic rings. The number of alkyl halides is 4. The first-order valence-electron chi connectivity index (χ1n) is 12.2. The molecule has 0 aliphatic heterocycles. The highest BCUT2D eigenvalue weighted by Crippen LogP contribution is 2.32. The van der Waals surface area contributed by atoms with E-state index in [1.54, 1.807) is 37.3 Å². The Hall–Kier alpha value is -4.13. The number of rotatable bonds is 11. The average molecular weight is 544 g/mol. The van der Waals surface area contributed by atoms with E-state index in [9.17, 15) is 27.6 Å². The van der Waals surface area contributed by atoms with Gasteiger partial charge in [0.25, 0.3) is 5.91 Å². The molecule has 0 saturated heterocycles. The van der Waals surface area contributed by atoms with E-state index in [1.807, 2.05) is 18.2 Å². The summed E-state index contributed by atoms with van der Waals surface area (Å²) in [6, 6.07) is 17.4. The van der Waals surface area contributed by atoms with Crippen molar-refractivity contribution in [3.8, 4) is 17.7 Å². The second kappa shape index (κ2) is 12.6. The van der Waals surface area contributed by atoms with Gasteiger partial charge in [0.2, 0.25) is 5.88 Å². The lowest BCUT2D eigenvalue weighted by Gasteiger charge is -2.31. The molecule has 39 heavy (non-hydrogen) atoms. The van der Waals surface area contributed by atoms with Crippen molar-refractivity contribution in [1.29, 1.82) is 5.26 Å². The molecule has 0 saturated carbocycles. The molecule has 0 bridgehead atoms. The van der Waals surface area contributed by atoms with Crippen LogP contribution in [0.5, 0.6) is 11.6 Å². The molecule has 1 heterocycles. The minimum Gasteiger partial charge on any atom is -0.491 e. The van der Waals surface area contributed by atoms with Gasteiger partial charge in [-0.2, -0.15) is 18.4 Å². The van der Waals surface area contributed by atoms with E-state index in [-0.39, 0.29) is 18.4 Å². The number of halogens is 4. The molecular weight excluding hydrogens is 514 g/mol. The number of aromatic nitrogens is 1. The molecule has 0 fully saturated rings. The summed E-state index contributed by atoms with van der Waals surface area (Å²) in [5.41, 5.74) is -0.279. The van der Waals surface area contributed by atoms with Gasteiger partial charge in [0, 0.05) is 24.2 Å². The number of benzene rings is 2. The van der Waals surface area contributed by atoms with Gasteiger partial charge in [0.05, 0.1) is 17.2 Å². The van der Waals surface area contributed by atoms with Crippen molar-refractivity contribution in [2.24, 2.45) is 0 Å². The number of nitrogens with zero attached hydrogens (tertiary/aromatic N) is 2. The lowest BCUT2D eigenvalue weighted by Crippen LogP contribution is -2.51. The van der Waals surface area contributed by atoms with Gasteiger partial charge in [0.1, 0.15) is 19.0 Å². The van der Waals surface area contributed by atoms with Crippen molar-refractivity contribution in [2.45, 2.75) is 50.9 Å². The van der Waals surface area contributed by atoms with Gasteiger partial charge >= 0.3 is 6.18 Å². The summed E-state index contributed by atoms with van der Waals surface area (Å²) in [4.78, 5) is 17.1. The van der Waals surface area contributed by atoms with Gasteiger partial charge < -0.3 is 14.8 Å². The van der Waals surface area contributed by atoms with E-state index in [0.29, 0.717) is 17.7 Å². The predicted molar refractivity (Wildman–Crippen MR) is 137 cm³/mol. The molecular formula is C29H29F4N3O3. The minimum atomic E-state index is -4.58. The Labute approximate surface area is 224 Å². The van der Waals surface area contributed by atoms with Crippen LogP contribution in [-0.4, -0.2) is 35.8 Å². The summed E-state index contributed by atoms with van der Waals surface area (Å²) in [6.45, 7) is 4.05. The third-order valence-electron chi connectivity index (χ3n) is 6.10. The molecule has 3 aromatic rings. The van der Waals surface area contributed by atoms with E-state index in [0.717, 1.165) is 29.5 Å².